The SMILES string of the molecule is C=CCOC(=O)N1C[C@H](O)C[C@@H]1C(C)c1cnc[nH]1. The molecule has 1 aliphatic rings. The summed E-state index contributed by atoms with van der Waals surface area (Å²) in [6.07, 6.45) is 4.50. The average Bonchev–Trinajstić information content (AvgIpc) is 3.04. The van der Waals surface area contributed by atoms with E-state index in [0.29, 0.717) is 13.0 Å². The minimum absolute atomic E-state index is 0.0657. The van der Waals surface area contributed by atoms with Crippen molar-refractivity contribution in [1.29, 1.82) is 0 Å². The summed E-state index contributed by atoms with van der Waals surface area (Å²) >= 11 is 0. The summed E-state index contributed by atoms with van der Waals surface area (Å²) in [5, 5.41) is 9.80. The topological polar surface area (TPSA) is 78.4 Å². The van der Waals surface area contributed by atoms with Crippen molar-refractivity contribution < 1.29 is 14.6 Å². The lowest BCUT2D eigenvalue weighted by molar-refractivity contribution is 0.0991. The molecule has 0 radical (unpaired) electrons. The van der Waals surface area contributed by atoms with Crippen molar-refractivity contribution in [3.05, 3.63) is 30.9 Å². The lowest BCUT2D eigenvalue weighted by Gasteiger charge is -2.27. The number of H-pyrrole nitrogens is 1. The summed E-state index contributed by atoms with van der Waals surface area (Å²) in [5.41, 5.74) is 0.945. The number of aliphatic hydroxyl groups excluding tert-OH is 1. The molecule has 6 nitrogen and oxygen atoms in total. The van der Waals surface area contributed by atoms with E-state index < -0.39 is 12.2 Å². The molecule has 1 aromatic heterocycles. The molecule has 0 aromatic carbocycles. The van der Waals surface area contributed by atoms with Crippen molar-refractivity contribution in [1.82, 2.24) is 14.9 Å². The first-order valence-electron chi connectivity index (χ1n) is 6.34. The van der Waals surface area contributed by atoms with E-state index in [1.54, 1.807) is 17.4 Å². The Morgan fingerprint density at radius 2 is 2.63 bits per heavy atom. The standard InChI is InChI=1S/C13H19N3O3/c1-3-4-19-13(18)16-7-10(17)5-12(16)9(2)11-6-14-8-15-11/h3,6,8-10,12,17H,1,4-5,7H2,2H3,(H,14,15)/t9?,10-,12-/m1/s1. The molecular formula is C13H19N3O3. The second-order valence-electron chi connectivity index (χ2n) is 4.77. The van der Waals surface area contributed by atoms with Gasteiger partial charge in [0.1, 0.15) is 6.61 Å². The number of hydrogen-bond acceptors (Lipinski definition) is 4. The Hall–Kier alpha value is -1.82. The number of β-amino-alcohol motifs (C(OH)–C–C–N with tert-alkyl or cyclic N) is 1. The number of nitrogens with one attached hydrogen (secondary N) is 1. The normalized spacial score (nSPS) is 24.2. The molecule has 2 N–H and O–H groups in total. The van der Waals surface area contributed by atoms with E-state index in [4.69, 9.17) is 4.74 Å². The van der Waals surface area contributed by atoms with Crippen molar-refractivity contribution in [2.24, 2.45) is 0 Å². The smallest absolute Gasteiger partial charge is 0.410 e. The highest BCUT2D eigenvalue weighted by atomic mass is 16.6. The van der Waals surface area contributed by atoms with Gasteiger partial charge in [-0.3, -0.25) is 0 Å². The van der Waals surface area contributed by atoms with Crippen molar-refractivity contribution >= 4 is 6.09 Å². The number of aliphatic hydroxyl groups is 1. The lowest BCUT2D eigenvalue weighted by Crippen LogP contribution is -2.39. The Morgan fingerprint density at radius 1 is 1.84 bits per heavy atom. The molecule has 1 saturated heterocycles. The van der Waals surface area contributed by atoms with Crippen LogP contribution < -0.4 is 0 Å². The Bertz CT molecular complexity index is 432. The fourth-order valence-electron chi connectivity index (χ4n) is 2.46. The van der Waals surface area contributed by atoms with Gasteiger partial charge in [0.05, 0.1) is 19.0 Å². The number of rotatable bonds is 4. The van der Waals surface area contributed by atoms with Gasteiger partial charge in [0.2, 0.25) is 0 Å². The fraction of sp³-hybridized carbons (Fsp3) is 0.538. The van der Waals surface area contributed by atoms with Gasteiger partial charge in [-0.25, -0.2) is 9.78 Å². The van der Waals surface area contributed by atoms with Gasteiger partial charge in [-0.2, -0.15) is 0 Å². The van der Waals surface area contributed by atoms with Crippen molar-refractivity contribution in [2.75, 3.05) is 13.2 Å². The molecule has 104 valence electrons. The molecule has 0 saturated carbocycles. The van der Waals surface area contributed by atoms with Gasteiger partial charge < -0.3 is 19.7 Å². The minimum atomic E-state index is -0.508. The van der Waals surface area contributed by atoms with Crippen LogP contribution in [0.4, 0.5) is 4.79 Å². The monoisotopic (exact) mass is 265 g/mol. The van der Waals surface area contributed by atoms with Crippen LogP contribution in [0.3, 0.4) is 0 Å². The van der Waals surface area contributed by atoms with Crippen molar-refractivity contribution in [2.45, 2.75) is 31.4 Å². The van der Waals surface area contributed by atoms with E-state index in [1.165, 1.54) is 6.08 Å². The summed E-state index contributed by atoms with van der Waals surface area (Å²) in [4.78, 5) is 20.6. The fourth-order valence-corrected chi connectivity index (χ4v) is 2.46. The Morgan fingerprint density at radius 3 is 3.26 bits per heavy atom. The Kier molecular flexibility index (Phi) is 4.21. The number of likely N-dealkylation sites (tertiary alicyclic amines) is 1. The highest BCUT2D eigenvalue weighted by molar-refractivity contribution is 5.68. The molecule has 1 fully saturated rings. The van der Waals surface area contributed by atoms with Crippen LogP contribution >= 0.6 is 0 Å². The molecule has 1 unspecified atom stereocenters. The third-order valence-corrected chi connectivity index (χ3v) is 3.47. The summed E-state index contributed by atoms with van der Waals surface area (Å²) in [5.74, 6) is 0.0657. The molecule has 19 heavy (non-hydrogen) atoms. The molecule has 6 heteroatoms. The predicted octanol–water partition coefficient (Wildman–Crippen LogP) is 1.27. The number of aromatic nitrogens is 2. The third kappa shape index (κ3) is 2.96. The molecule has 0 aliphatic carbocycles. The first kappa shape index (κ1) is 13.6. The first-order valence-corrected chi connectivity index (χ1v) is 6.34. The number of aromatic amines is 1. The first-order chi connectivity index (χ1) is 9.13. The summed E-state index contributed by atoms with van der Waals surface area (Å²) in [6.45, 7) is 6.00. The Labute approximate surface area is 112 Å². The number of nitrogens with zero attached hydrogens (tertiary/aromatic N) is 2. The quantitative estimate of drug-likeness (QED) is 0.804. The number of carbonyl (C=O) groups excluding carboxylic acids is 1. The van der Waals surface area contributed by atoms with Crippen molar-refractivity contribution in [3.8, 4) is 0 Å². The van der Waals surface area contributed by atoms with Crippen molar-refractivity contribution in [3.63, 3.8) is 0 Å². The maximum atomic E-state index is 12.0. The van der Waals surface area contributed by atoms with E-state index in [9.17, 15) is 9.90 Å². The zero-order valence-corrected chi connectivity index (χ0v) is 11.0. The molecular weight excluding hydrogens is 246 g/mol. The number of imidazole rings is 1. The van der Waals surface area contributed by atoms with Crippen LogP contribution in [0.15, 0.2) is 25.2 Å². The van der Waals surface area contributed by atoms with Gasteiger partial charge >= 0.3 is 6.09 Å². The number of ether oxygens (including phenoxy) is 1. The number of amides is 1. The highest BCUT2D eigenvalue weighted by Gasteiger charge is 2.39. The summed E-state index contributed by atoms with van der Waals surface area (Å²) in [6, 6.07) is -0.0900. The predicted molar refractivity (Wildman–Crippen MR) is 69.7 cm³/mol. The molecule has 0 spiro atoms. The minimum Gasteiger partial charge on any atom is -0.445 e. The second kappa shape index (κ2) is 5.88. The molecule has 0 bridgehead atoms. The third-order valence-electron chi connectivity index (χ3n) is 3.47. The Balaban J connectivity index is 2.08. The van der Waals surface area contributed by atoms with E-state index in [1.807, 2.05) is 6.92 Å². The van der Waals surface area contributed by atoms with Gasteiger partial charge in [-0.05, 0) is 6.42 Å². The number of carbonyl (C=O) groups is 1. The van der Waals surface area contributed by atoms with Gasteiger partial charge in [0, 0.05) is 23.9 Å². The van der Waals surface area contributed by atoms with Crippen LogP contribution in [0, 0.1) is 0 Å². The van der Waals surface area contributed by atoms with Crippen LogP contribution in [0.5, 0.6) is 0 Å². The van der Waals surface area contributed by atoms with Gasteiger partial charge in [-0.1, -0.05) is 19.6 Å². The number of hydrogen-bond donors (Lipinski definition) is 2. The van der Waals surface area contributed by atoms with Crippen LogP contribution in [-0.4, -0.2) is 51.4 Å². The molecule has 1 aliphatic heterocycles. The molecule has 2 heterocycles. The van der Waals surface area contributed by atoms with E-state index in [0.717, 1.165) is 5.69 Å². The second-order valence-corrected chi connectivity index (χ2v) is 4.77. The molecule has 1 amide bonds. The lowest BCUT2D eigenvalue weighted by atomic mass is 9.96. The van der Waals surface area contributed by atoms with E-state index in [-0.39, 0.29) is 18.6 Å². The summed E-state index contributed by atoms with van der Waals surface area (Å²) < 4.78 is 5.05. The highest BCUT2D eigenvalue weighted by Crippen LogP contribution is 2.30. The van der Waals surface area contributed by atoms with E-state index >= 15 is 0 Å². The van der Waals surface area contributed by atoms with Crippen LogP contribution in [-0.2, 0) is 4.74 Å². The largest absolute Gasteiger partial charge is 0.445 e. The summed E-state index contributed by atoms with van der Waals surface area (Å²) in [7, 11) is 0. The average molecular weight is 265 g/mol. The molecule has 3 atom stereocenters. The van der Waals surface area contributed by atoms with Gasteiger partial charge in [0.25, 0.3) is 0 Å². The molecule has 2 rings (SSSR count). The zero-order valence-electron chi connectivity index (χ0n) is 11.0. The van der Waals surface area contributed by atoms with Crippen LogP contribution in [0.25, 0.3) is 0 Å². The molecule has 1 aromatic rings. The van der Waals surface area contributed by atoms with Gasteiger partial charge in [-0.15, -0.1) is 0 Å². The zero-order chi connectivity index (χ0) is 13.8. The maximum absolute atomic E-state index is 12.0. The maximum Gasteiger partial charge on any atom is 0.410 e. The van der Waals surface area contributed by atoms with E-state index in [2.05, 4.69) is 16.5 Å². The van der Waals surface area contributed by atoms with Crippen LogP contribution in [0.2, 0.25) is 0 Å². The van der Waals surface area contributed by atoms with Crippen LogP contribution in [0.1, 0.15) is 25.0 Å². The van der Waals surface area contributed by atoms with Gasteiger partial charge in [0.15, 0.2) is 0 Å².